The number of ketones is 1. The highest BCUT2D eigenvalue weighted by Crippen LogP contribution is 2.32. The molecule has 0 radical (unpaired) electrons. The fourth-order valence-electron chi connectivity index (χ4n) is 2.72. The third-order valence-corrected chi connectivity index (χ3v) is 3.95. The minimum Gasteiger partial charge on any atom is -0.402 e. The van der Waals surface area contributed by atoms with E-state index in [1.165, 1.54) is 5.57 Å². The second kappa shape index (κ2) is 6.49. The van der Waals surface area contributed by atoms with E-state index in [2.05, 4.69) is 24.3 Å². The first-order valence-electron chi connectivity index (χ1n) is 7.67. The molecule has 2 aromatic rings. The van der Waals surface area contributed by atoms with E-state index in [4.69, 9.17) is 5.73 Å². The molecule has 0 saturated heterocycles. The molecule has 0 aliphatic heterocycles. The highest BCUT2D eigenvalue weighted by atomic mass is 16.1. The van der Waals surface area contributed by atoms with E-state index in [1.807, 2.05) is 48.5 Å². The number of Topliss-reactive ketones (excluding diaryl/α,β-unsaturated/α-hetero) is 1. The second-order valence-electron chi connectivity index (χ2n) is 5.71. The molecule has 2 nitrogen and oxygen atoms in total. The summed E-state index contributed by atoms with van der Waals surface area (Å²) in [5.41, 5.74) is 12.2. The molecule has 0 saturated carbocycles. The summed E-state index contributed by atoms with van der Waals surface area (Å²) in [5.74, 6) is 0.0818. The average Bonchev–Trinajstić information content (AvgIpc) is 2.56. The standard InChI is InChI=1S/C21H19NO/c1-15(23)17-7-9-18(10-8-17)21-12-11-20(22)14-19(21)13-16-5-3-2-4-6-16/h2-13H,14,22H2,1H3. The van der Waals surface area contributed by atoms with Crippen molar-refractivity contribution in [3.63, 3.8) is 0 Å². The third-order valence-electron chi connectivity index (χ3n) is 3.95. The molecule has 0 spiro atoms. The molecule has 3 rings (SSSR count). The van der Waals surface area contributed by atoms with E-state index < -0.39 is 0 Å². The fraction of sp³-hybridized carbons (Fsp3) is 0.0952. The molecule has 1 aliphatic rings. The molecule has 114 valence electrons. The van der Waals surface area contributed by atoms with Crippen molar-refractivity contribution in [1.82, 2.24) is 0 Å². The van der Waals surface area contributed by atoms with Crippen LogP contribution in [-0.2, 0) is 0 Å². The van der Waals surface area contributed by atoms with Crippen molar-refractivity contribution in [3.05, 3.63) is 94.7 Å². The van der Waals surface area contributed by atoms with Crippen molar-refractivity contribution in [3.8, 4) is 0 Å². The summed E-state index contributed by atoms with van der Waals surface area (Å²) in [6.07, 6.45) is 6.91. The van der Waals surface area contributed by atoms with Crippen LogP contribution in [0.2, 0.25) is 0 Å². The summed E-state index contributed by atoms with van der Waals surface area (Å²) in [4.78, 5) is 11.4. The van der Waals surface area contributed by atoms with Gasteiger partial charge in [-0.2, -0.15) is 0 Å². The number of nitrogens with two attached hydrogens (primary N) is 1. The number of carbonyl (C=O) groups excluding carboxylic acids is 1. The average molecular weight is 301 g/mol. The minimum atomic E-state index is 0.0818. The van der Waals surface area contributed by atoms with Crippen LogP contribution in [0.4, 0.5) is 0 Å². The molecule has 2 aromatic carbocycles. The maximum Gasteiger partial charge on any atom is 0.159 e. The van der Waals surface area contributed by atoms with Crippen LogP contribution >= 0.6 is 0 Å². The van der Waals surface area contributed by atoms with Gasteiger partial charge in [0.25, 0.3) is 0 Å². The maximum absolute atomic E-state index is 11.4. The van der Waals surface area contributed by atoms with E-state index >= 15 is 0 Å². The molecule has 2 heteroatoms. The predicted octanol–water partition coefficient (Wildman–Crippen LogP) is 4.60. The largest absolute Gasteiger partial charge is 0.402 e. The Morgan fingerprint density at radius 3 is 2.35 bits per heavy atom. The van der Waals surface area contributed by atoms with Gasteiger partial charge in [0, 0.05) is 17.7 Å². The van der Waals surface area contributed by atoms with Gasteiger partial charge in [-0.15, -0.1) is 0 Å². The normalized spacial score (nSPS) is 16.0. The summed E-state index contributed by atoms with van der Waals surface area (Å²) in [6.45, 7) is 1.58. The lowest BCUT2D eigenvalue weighted by molar-refractivity contribution is 0.101. The second-order valence-corrected chi connectivity index (χ2v) is 5.71. The topological polar surface area (TPSA) is 43.1 Å². The Morgan fingerprint density at radius 1 is 1.00 bits per heavy atom. The van der Waals surface area contributed by atoms with Gasteiger partial charge in [-0.05, 0) is 35.3 Å². The number of hydrogen-bond acceptors (Lipinski definition) is 2. The molecule has 0 atom stereocenters. The quantitative estimate of drug-likeness (QED) is 0.842. The lowest BCUT2D eigenvalue weighted by atomic mass is 9.89. The molecule has 23 heavy (non-hydrogen) atoms. The van der Waals surface area contributed by atoms with Crippen LogP contribution in [0.1, 0.15) is 34.8 Å². The lowest BCUT2D eigenvalue weighted by Crippen LogP contribution is -2.04. The van der Waals surface area contributed by atoms with E-state index in [0.717, 1.165) is 34.4 Å². The Labute approximate surface area is 136 Å². The molecule has 0 unspecified atom stereocenters. The van der Waals surface area contributed by atoms with Crippen molar-refractivity contribution in [2.45, 2.75) is 13.3 Å². The number of hydrogen-bond donors (Lipinski definition) is 1. The van der Waals surface area contributed by atoms with Crippen LogP contribution in [0.3, 0.4) is 0 Å². The van der Waals surface area contributed by atoms with E-state index in [9.17, 15) is 4.79 Å². The Balaban J connectivity index is 2.00. The fourth-order valence-corrected chi connectivity index (χ4v) is 2.72. The molecule has 0 heterocycles. The lowest BCUT2D eigenvalue weighted by Gasteiger charge is -2.17. The third kappa shape index (κ3) is 3.49. The zero-order valence-corrected chi connectivity index (χ0v) is 13.1. The number of allylic oxidation sites excluding steroid dienone is 4. The molecule has 0 bridgehead atoms. The van der Waals surface area contributed by atoms with Crippen molar-refractivity contribution in [1.29, 1.82) is 0 Å². The Hall–Kier alpha value is -2.87. The van der Waals surface area contributed by atoms with Crippen LogP contribution in [0.15, 0.2) is 78.0 Å². The Bertz CT molecular complexity index is 809. The Kier molecular flexibility index (Phi) is 4.24. The number of carbonyl (C=O) groups is 1. The van der Waals surface area contributed by atoms with Crippen molar-refractivity contribution in [2.75, 3.05) is 0 Å². The van der Waals surface area contributed by atoms with Crippen LogP contribution in [0.5, 0.6) is 0 Å². The summed E-state index contributed by atoms with van der Waals surface area (Å²) >= 11 is 0. The summed E-state index contributed by atoms with van der Waals surface area (Å²) in [7, 11) is 0. The van der Waals surface area contributed by atoms with Crippen molar-refractivity contribution < 1.29 is 4.79 Å². The van der Waals surface area contributed by atoms with Gasteiger partial charge in [-0.25, -0.2) is 0 Å². The van der Waals surface area contributed by atoms with Gasteiger partial charge in [-0.1, -0.05) is 66.7 Å². The predicted molar refractivity (Wildman–Crippen MR) is 95.7 cm³/mol. The van der Waals surface area contributed by atoms with Crippen LogP contribution in [0.25, 0.3) is 11.6 Å². The highest BCUT2D eigenvalue weighted by molar-refractivity contribution is 5.95. The SMILES string of the molecule is CC(=O)c1ccc(C2=CC=C(N)CC2=Cc2ccccc2)cc1. The van der Waals surface area contributed by atoms with Gasteiger partial charge in [0.2, 0.25) is 0 Å². The monoisotopic (exact) mass is 301 g/mol. The molecule has 0 amide bonds. The number of rotatable bonds is 3. The smallest absolute Gasteiger partial charge is 0.159 e. The van der Waals surface area contributed by atoms with Gasteiger partial charge in [-0.3, -0.25) is 4.79 Å². The molecule has 0 fully saturated rings. The van der Waals surface area contributed by atoms with E-state index in [0.29, 0.717) is 0 Å². The summed E-state index contributed by atoms with van der Waals surface area (Å²) in [6, 6.07) is 18.0. The molecule has 2 N–H and O–H groups in total. The van der Waals surface area contributed by atoms with Gasteiger partial charge in [0.05, 0.1) is 0 Å². The zero-order chi connectivity index (χ0) is 16.2. The number of benzene rings is 2. The van der Waals surface area contributed by atoms with Crippen LogP contribution in [-0.4, -0.2) is 5.78 Å². The highest BCUT2D eigenvalue weighted by Gasteiger charge is 2.13. The summed E-state index contributed by atoms with van der Waals surface area (Å²) in [5, 5.41) is 0. The van der Waals surface area contributed by atoms with Gasteiger partial charge in [0.15, 0.2) is 5.78 Å². The summed E-state index contributed by atoms with van der Waals surface area (Å²) < 4.78 is 0. The van der Waals surface area contributed by atoms with Crippen LogP contribution < -0.4 is 5.73 Å². The van der Waals surface area contributed by atoms with Gasteiger partial charge >= 0.3 is 0 Å². The van der Waals surface area contributed by atoms with Crippen molar-refractivity contribution >= 4 is 17.4 Å². The first kappa shape index (κ1) is 15.0. The maximum atomic E-state index is 11.4. The first-order chi connectivity index (χ1) is 11.1. The van der Waals surface area contributed by atoms with E-state index in [-0.39, 0.29) is 5.78 Å². The van der Waals surface area contributed by atoms with Gasteiger partial charge in [0.1, 0.15) is 0 Å². The molecular formula is C21H19NO. The van der Waals surface area contributed by atoms with Gasteiger partial charge < -0.3 is 5.73 Å². The molecule has 0 aromatic heterocycles. The first-order valence-corrected chi connectivity index (χ1v) is 7.67. The zero-order valence-electron chi connectivity index (χ0n) is 13.1. The van der Waals surface area contributed by atoms with Crippen molar-refractivity contribution in [2.24, 2.45) is 5.73 Å². The van der Waals surface area contributed by atoms with Crippen LogP contribution in [0, 0.1) is 0 Å². The Morgan fingerprint density at radius 2 is 1.70 bits per heavy atom. The molecular weight excluding hydrogens is 282 g/mol. The molecule has 1 aliphatic carbocycles. The van der Waals surface area contributed by atoms with E-state index in [1.54, 1.807) is 6.92 Å². The minimum absolute atomic E-state index is 0.0818.